The molecule has 5 rings (SSSR count). The average molecular weight is 355 g/mol. The Balaban J connectivity index is 1.52. The number of ether oxygens (including phenoxy) is 1. The second kappa shape index (κ2) is 5.24. The van der Waals surface area contributed by atoms with Gasteiger partial charge >= 0.3 is 5.97 Å². The molecule has 0 amide bonds. The zero-order valence-electron chi connectivity index (χ0n) is 15.8. The molecule has 1 saturated heterocycles. The van der Waals surface area contributed by atoms with Crippen LogP contribution in [-0.2, 0) is 9.53 Å². The lowest BCUT2D eigenvalue weighted by molar-refractivity contribution is -0.165. The highest BCUT2D eigenvalue weighted by molar-refractivity contribution is 5.96. The lowest BCUT2D eigenvalue weighted by Crippen LogP contribution is -2.53. The minimum absolute atomic E-state index is 0.00784. The Morgan fingerprint density at radius 2 is 1.92 bits per heavy atom. The lowest BCUT2D eigenvalue weighted by atomic mass is 9.48. The zero-order valence-corrected chi connectivity index (χ0v) is 15.8. The summed E-state index contributed by atoms with van der Waals surface area (Å²) >= 11 is 0. The number of allylic oxidation sites excluding steroid dienone is 4. The van der Waals surface area contributed by atoms with Crippen LogP contribution in [0.3, 0.4) is 0 Å². The number of carbonyl (C=O) groups is 1. The predicted molar refractivity (Wildman–Crippen MR) is 98.9 cm³/mol. The molecule has 0 radical (unpaired) electrons. The van der Waals surface area contributed by atoms with Gasteiger partial charge in [-0.1, -0.05) is 31.2 Å². The average Bonchev–Trinajstić information content (AvgIpc) is 3.15. The molecule has 0 unspecified atom stereocenters. The van der Waals surface area contributed by atoms with Crippen molar-refractivity contribution >= 4 is 11.7 Å². The summed E-state index contributed by atoms with van der Waals surface area (Å²) in [6.45, 7) is 4.82. The van der Waals surface area contributed by atoms with Crippen LogP contribution < -0.4 is 0 Å². The van der Waals surface area contributed by atoms with Gasteiger partial charge in [-0.05, 0) is 79.8 Å². The fraction of sp³-hybridized carbons (Fsp3) is 0.727. The van der Waals surface area contributed by atoms with Gasteiger partial charge in [-0.2, -0.15) is 0 Å². The van der Waals surface area contributed by atoms with Gasteiger partial charge in [0.1, 0.15) is 5.60 Å². The number of esters is 1. The van der Waals surface area contributed by atoms with Crippen LogP contribution in [0.2, 0.25) is 0 Å². The molecule has 1 aliphatic heterocycles. The molecule has 0 bridgehead atoms. The van der Waals surface area contributed by atoms with Gasteiger partial charge in [0.15, 0.2) is 0 Å². The Bertz CT molecular complexity index is 752. The van der Waals surface area contributed by atoms with Gasteiger partial charge in [0.25, 0.3) is 0 Å². The van der Waals surface area contributed by atoms with Crippen LogP contribution in [-0.4, -0.2) is 22.5 Å². The van der Waals surface area contributed by atoms with Crippen molar-refractivity contribution in [2.75, 3.05) is 0 Å². The standard InChI is InChI=1S/C22H29NO3/c1-20-9-5-15(23-25)13-14(20)3-4-16-17(20)6-10-21(2)18(16)7-11-22(21)12-8-19(24)26-22/h3-4,13,16-18,25H,5-12H2,1-2H3/b23-15-/t16-,17+,18+,20+,21+,22+/m1/s1. The molecule has 26 heavy (non-hydrogen) atoms. The van der Waals surface area contributed by atoms with Crippen LogP contribution in [0.25, 0.3) is 0 Å². The van der Waals surface area contributed by atoms with Crippen molar-refractivity contribution in [1.82, 2.24) is 0 Å². The first kappa shape index (κ1) is 16.6. The molecule has 4 aliphatic carbocycles. The number of carbonyl (C=O) groups excluding carboxylic acids is 1. The topological polar surface area (TPSA) is 58.9 Å². The first-order valence-corrected chi connectivity index (χ1v) is 10.3. The molecule has 6 atom stereocenters. The van der Waals surface area contributed by atoms with E-state index < -0.39 is 0 Å². The summed E-state index contributed by atoms with van der Waals surface area (Å²) in [6, 6.07) is 0. The maximum absolute atomic E-state index is 11.9. The smallest absolute Gasteiger partial charge is 0.306 e. The number of fused-ring (bicyclic) bond motifs is 6. The maximum Gasteiger partial charge on any atom is 0.306 e. The van der Waals surface area contributed by atoms with Crippen molar-refractivity contribution in [3.63, 3.8) is 0 Å². The van der Waals surface area contributed by atoms with Gasteiger partial charge in [-0.3, -0.25) is 4.79 Å². The Hall–Kier alpha value is -1.58. The zero-order chi connectivity index (χ0) is 18.2. The Morgan fingerprint density at radius 3 is 2.65 bits per heavy atom. The molecular weight excluding hydrogens is 326 g/mol. The Morgan fingerprint density at radius 1 is 1.12 bits per heavy atom. The summed E-state index contributed by atoms with van der Waals surface area (Å²) < 4.78 is 6.00. The third-order valence-corrected chi connectivity index (χ3v) is 8.99. The van der Waals surface area contributed by atoms with Crippen molar-refractivity contribution in [2.45, 2.75) is 70.8 Å². The maximum atomic E-state index is 11.9. The molecular formula is C22H29NO3. The van der Waals surface area contributed by atoms with E-state index >= 15 is 0 Å². The van der Waals surface area contributed by atoms with Gasteiger partial charge in [0.2, 0.25) is 0 Å². The van der Waals surface area contributed by atoms with Crippen LogP contribution in [0.15, 0.2) is 29.0 Å². The third kappa shape index (κ3) is 1.91. The predicted octanol–water partition coefficient (Wildman–Crippen LogP) is 4.63. The van der Waals surface area contributed by atoms with E-state index in [2.05, 4.69) is 37.2 Å². The van der Waals surface area contributed by atoms with E-state index in [0.717, 1.165) is 37.8 Å². The molecule has 140 valence electrons. The highest BCUT2D eigenvalue weighted by atomic mass is 16.6. The van der Waals surface area contributed by atoms with E-state index in [1.54, 1.807) is 0 Å². The van der Waals surface area contributed by atoms with E-state index in [-0.39, 0.29) is 22.4 Å². The van der Waals surface area contributed by atoms with E-state index in [4.69, 9.17) is 4.74 Å². The molecule has 0 aromatic carbocycles. The second-order valence-electron chi connectivity index (χ2n) is 9.72. The number of hydrogen-bond donors (Lipinski definition) is 1. The number of rotatable bonds is 0. The van der Waals surface area contributed by atoms with Crippen LogP contribution in [0.4, 0.5) is 0 Å². The first-order chi connectivity index (χ1) is 12.4. The molecule has 1 N–H and O–H groups in total. The van der Waals surface area contributed by atoms with Crippen LogP contribution in [0.1, 0.15) is 65.2 Å². The van der Waals surface area contributed by atoms with Crippen LogP contribution in [0, 0.1) is 28.6 Å². The molecule has 2 saturated carbocycles. The fourth-order valence-corrected chi connectivity index (χ4v) is 7.38. The number of hydrogen-bond acceptors (Lipinski definition) is 4. The number of oxime groups is 1. The highest BCUT2D eigenvalue weighted by Gasteiger charge is 2.66. The summed E-state index contributed by atoms with van der Waals surface area (Å²) in [5, 5.41) is 12.6. The fourth-order valence-electron chi connectivity index (χ4n) is 7.38. The van der Waals surface area contributed by atoms with Gasteiger partial charge < -0.3 is 9.94 Å². The minimum atomic E-state index is -0.201. The van der Waals surface area contributed by atoms with Crippen LogP contribution >= 0.6 is 0 Å². The van der Waals surface area contributed by atoms with E-state index in [9.17, 15) is 10.0 Å². The monoisotopic (exact) mass is 355 g/mol. The summed E-state index contributed by atoms with van der Waals surface area (Å²) in [5.41, 5.74) is 2.24. The van der Waals surface area contributed by atoms with Crippen molar-refractivity contribution in [2.24, 2.45) is 33.7 Å². The molecule has 0 aromatic rings. The first-order valence-electron chi connectivity index (χ1n) is 10.3. The summed E-state index contributed by atoms with van der Waals surface area (Å²) in [7, 11) is 0. The van der Waals surface area contributed by atoms with Crippen molar-refractivity contribution in [3.05, 3.63) is 23.8 Å². The molecule has 4 heteroatoms. The van der Waals surface area contributed by atoms with Gasteiger partial charge in [0, 0.05) is 11.8 Å². The SMILES string of the molecule is C[C@]12CC/C(=N/O)C=C1C=C[C@@H]1[C@@H]2CC[C@@]2(C)[C@H]1CC[C@]21CCC(=O)O1. The Labute approximate surface area is 155 Å². The van der Waals surface area contributed by atoms with E-state index in [1.807, 2.05) is 0 Å². The molecule has 1 spiro atoms. The molecule has 3 fully saturated rings. The van der Waals surface area contributed by atoms with E-state index in [0.29, 0.717) is 24.2 Å². The summed E-state index contributed by atoms with van der Waals surface area (Å²) in [6.07, 6.45) is 14.8. The molecule has 5 aliphatic rings. The van der Waals surface area contributed by atoms with Crippen LogP contribution in [0.5, 0.6) is 0 Å². The normalized spacial score (nSPS) is 51.0. The summed E-state index contributed by atoms with van der Waals surface area (Å²) in [5.74, 6) is 1.83. The third-order valence-electron chi connectivity index (χ3n) is 8.99. The molecule has 1 heterocycles. The molecule has 4 nitrogen and oxygen atoms in total. The highest BCUT2D eigenvalue weighted by Crippen LogP contribution is 2.68. The largest absolute Gasteiger partial charge is 0.458 e. The number of nitrogens with zero attached hydrogens (tertiary/aromatic N) is 1. The van der Waals surface area contributed by atoms with Crippen molar-refractivity contribution in [3.8, 4) is 0 Å². The quantitative estimate of drug-likeness (QED) is 0.391. The van der Waals surface area contributed by atoms with E-state index in [1.165, 1.54) is 18.4 Å². The van der Waals surface area contributed by atoms with Gasteiger partial charge in [-0.25, -0.2) is 0 Å². The second-order valence-corrected chi connectivity index (χ2v) is 9.72. The van der Waals surface area contributed by atoms with Crippen molar-refractivity contribution in [1.29, 1.82) is 0 Å². The van der Waals surface area contributed by atoms with Crippen molar-refractivity contribution < 1.29 is 14.7 Å². The summed E-state index contributed by atoms with van der Waals surface area (Å²) in [4.78, 5) is 11.9. The molecule has 0 aromatic heterocycles. The lowest BCUT2D eigenvalue weighted by Gasteiger charge is -2.57. The van der Waals surface area contributed by atoms with Gasteiger partial charge in [0.05, 0.1) is 5.71 Å². The van der Waals surface area contributed by atoms with Gasteiger partial charge in [-0.15, -0.1) is 0 Å². The Kier molecular flexibility index (Phi) is 3.34. The minimum Gasteiger partial charge on any atom is -0.458 e.